The maximum Gasteiger partial charge on any atom is 0.307 e. The summed E-state index contributed by atoms with van der Waals surface area (Å²) in [5, 5.41) is 4.87. The summed E-state index contributed by atoms with van der Waals surface area (Å²) in [5.74, 6) is -0.0953. The third-order valence-corrected chi connectivity index (χ3v) is 5.04. The smallest absolute Gasteiger partial charge is 0.307 e. The highest BCUT2D eigenvalue weighted by Gasteiger charge is 2.24. The number of cyclic esters (lactones) is 1. The molecule has 2 heterocycles. The van der Waals surface area contributed by atoms with Gasteiger partial charge < -0.3 is 14.6 Å². The third-order valence-electron chi connectivity index (χ3n) is 5.04. The van der Waals surface area contributed by atoms with E-state index in [4.69, 9.17) is 4.74 Å². The van der Waals surface area contributed by atoms with Gasteiger partial charge in [0.2, 0.25) is 0 Å². The molecule has 0 aliphatic carbocycles. The molecule has 4 heteroatoms. The van der Waals surface area contributed by atoms with E-state index in [9.17, 15) is 4.79 Å². The molecule has 3 rings (SSSR count). The van der Waals surface area contributed by atoms with Gasteiger partial charge in [-0.2, -0.15) is 0 Å². The number of aromatic nitrogens is 1. The van der Waals surface area contributed by atoms with Gasteiger partial charge in [0.05, 0.1) is 13.0 Å². The van der Waals surface area contributed by atoms with Crippen LogP contribution in [0.4, 0.5) is 0 Å². The second-order valence-corrected chi connectivity index (χ2v) is 6.61. The van der Waals surface area contributed by atoms with Gasteiger partial charge in [-0.1, -0.05) is 31.0 Å². The van der Waals surface area contributed by atoms with Crippen molar-refractivity contribution in [2.45, 2.75) is 58.5 Å². The van der Waals surface area contributed by atoms with Gasteiger partial charge in [-0.25, -0.2) is 0 Å². The van der Waals surface area contributed by atoms with Crippen LogP contribution in [0.15, 0.2) is 24.3 Å². The number of aryl methyl sites for hydroxylation is 1. The summed E-state index contributed by atoms with van der Waals surface area (Å²) in [6.45, 7) is 6.77. The molecule has 1 N–H and O–H groups in total. The maximum atomic E-state index is 12.3. The molecule has 1 aliphatic rings. The van der Waals surface area contributed by atoms with E-state index < -0.39 is 0 Å². The van der Waals surface area contributed by atoms with E-state index in [2.05, 4.69) is 48.0 Å². The number of para-hydroxylation sites is 1. The monoisotopic (exact) mass is 328 g/mol. The fraction of sp³-hybridized carbons (Fsp3) is 0.550. The third kappa shape index (κ3) is 3.48. The molecule has 130 valence electrons. The molecule has 0 bridgehead atoms. The molecular formula is C20H28N2O2. The van der Waals surface area contributed by atoms with Crippen molar-refractivity contribution in [2.75, 3.05) is 13.2 Å². The van der Waals surface area contributed by atoms with E-state index in [1.54, 1.807) is 0 Å². The van der Waals surface area contributed by atoms with E-state index in [0.29, 0.717) is 13.0 Å². The Balaban J connectivity index is 1.99. The number of ether oxygens (including phenoxy) is 1. The van der Waals surface area contributed by atoms with Crippen LogP contribution in [0.5, 0.6) is 0 Å². The molecule has 1 aliphatic heterocycles. The summed E-state index contributed by atoms with van der Waals surface area (Å²) >= 11 is 0. The molecule has 0 spiro atoms. The number of esters is 1. The summed E-state index contributed by atoms with van der Waals surface area (Å²) in [7, 11) is 0. The number of rotatable bonds is 2. The summed E-state index contributed by atoms with van der Waals surface area (Å²) in [6, 6.07) is 8.51. The average Bonchev–Trinajstić information content (AvgIpc) is 2.84. The Kier molecular flexibility index (Phi) is 5.56. The minimum Gasteiger partial charge on any atom is -0.466 e. The quantitative estimate of drug-likeness (QED) is 0.844. The highest BCUT2D eigenvalue weighted by molar-refractivity contribution is 5.86. The number of hydrogen-bond donors (Lipinski definition) is 1. The first kappa shape index (κ1) is 17.0. The second-order valence-electron chi connectivity index (χ2n) is 6.61. The van der Waals surface area contributed by atoms with Gasteiger partial charge in [0.1, 0.15) is 0 Å². The highest BCUT2D eigenvalue weighted by atomic mass is 16.5. The van der Waals surface area contributed by atoms with Gasteiger partial charge in [-0.3, -0.25) is 4.79 Å². The van der Waals surface area contributed by atoms with Crippen LogP contribution in [0.2, 0.25) is 0 Å². The van der Waals surface area contributed by atoms with Crippen molar-refractivity contribution in [2.24, 2.45) is 0 Å². The van der Waals surface area contributed by atoms with Gasteiger partial charge in [0.15, 0.2) is 0 Å². The van der Waals surface area contributed by atoms with Crippen molar-refractivity contribution >= 4 is 16.9 Å². The Morgan fingerprint density at radius 1 is 1.21 bits per heavy atom. The fourth-order valence-electron chi connectivity index (χ4n) is 3.85. The molecule has 24 heavy (non-hydrogen) atoms. The van der Waals surface area contributed by atoms with Crippen LogP contribution in [0.3, 0.4) is 0 Å². The number of nitrogens with zero attached hydrogens (tertiary/aromatic N) is 1. The van der Waals surface area contributed by atoms with Crippen LogP contribution in [-0.2, 0) is 16.1 Å². The first-order chi connectivity index (χ1) is 11.7. The van der Waals surface area contributed by atoms with E-state index in [-0.39, 0.29) is 12.0 Å². The summed E-state index contributed by atoms with van der Waals surface area (Å²) in [6.07, 6.45) is 4.85. The molecule has 1 aromatic heterocycles. The fourth-order valence-corrected chi connectivity index (χ4v) is 3.85. The zero-order valence-electron chi connectivity index (χ0n) is 14.8. The predicted octanol–water partition coefficient (Wildman–Crippen LogP) is 4.11. The van der Waals surface area contributed by atoms with E-state index >= 15 is 0 Å². The summed E-state index contributed by atoms with van der Waals surface area (Å²) < 4.78 is 7.76. The molecule has 1 atom stereocenters. The SMILES string of the molecule is CCn1c(C)c(C2CC(=O)OCCCCCCN2)c2ccccc21. The van der Waals surface area contributed by atoms with E-state index in [1.165, 1.54) is 28.6 Å². The van der Waals surface area contributed by atoms with Crippen LogP contribution in [0.25, 0.3) is 10.9 Å². The van der Waals surface area contributed by atoms with Crippen molar-refractivity contribution in [3.05, 3.63) is 35.5 Å². The molecule has 1 unspecified atom stereocenters. The van der Waals surface area contributed by atoms with Crippen molar-refractivity contribution in [3.8, 4) is 0 Å². The molecule has 1 saturated heterocycles. The van der Waals surface area contributed by atoms with Crippen molar-refractivity contribution < 1.29 is 9.53 Å². The Bertz CT molecular complexity index is 705. The summed E-state index contributed by atoms with van der Waals surface area (Å²) in [4.78, 5) is 12.3. The van der Waals surface area contributed by atoms with E-state index in [0.717, 1.165) is 32.4 Å². The van der Waals surface area contributed by atoms with Crippen molar-refractivity contribution in [1.29, 1.82) is 0 Å². The second kappa shape index (κ2) is 7.84. The lowest BCUT2D eigenvalue weighted by Crippen LogP contribution is -2.26. The first-order valence-corrected chi connectivity index (χ1v) is 9.19. The number of fused-ring (bicyclic) bond motifs is 1. The van der Waals surface area contributed by atoms with Crippen molar-refractivity contribution in [1.82, 2.24) is 9.88 Å². The number of carbonyl (C=O) groups is 1. The Morgan fingerprint density at radius 3 is 2.83 bits per heavy atom. The first-order valence-electron chi connectivity index (χ1n) is 9.19. The van der Waals surface area contributed by atoms with Crippen LogP contribution >= 0.6 is 0 Å². The number of benzene rings is 1. The Morgan fingerprint density at radius 2 is 2.00 bits per heavy atom. The lowest BCUT2D eigenvalue weighted by molar-refractivity contribution is -0.144. The predicted molar refractivity (Wildman–Crippen MR) is 97.1 cm³/mol. The Labute approximate surface area is 144 Å². The topological polar surface area (TPSA) is 43.3 Å². The minimum atomic E-state index is -0.0953. The van der Waals surface area contributed by atoms with Gasteiger partial charge in [0, 0.05) is 29.2 Å². The van der Waals surface area contributed by atoms with E-state index in [1.807, 2.05) is 0 Å². The molecule has 4 nitrogen and oxygen atoms in total. The van der Waals surface area contributed by atoms with Crippen LogP contribution in [0, 0.1) is 6.92 Å². The van der Waals surface area contributed by atoms with Gasteiger partial charge >= 0.3 is 5.97 Å². The summed E-state index contributed by atoms with van der Waals surface area (Å²) in [5.41, 5.74) is 3.75. The normalized spacial score (nSPS) is 20.6. The van der Waals surface area contributed by atoms with Crippen LogP contribution in [0.1, 0.15) is 56.3 Å². The lowest BCUT2D eigenvalue weighted by atomic mass is 10.00. The van der Waals surface area contributed by atoms with Gasteiger partial charge in [0.25, 0.3) is 0 Å². The highest BCUT2D eigenvalue weighted by Crippen LogP contribution is 2.32. The molecular weight excluding hydrogens is 300 g/mol. The van der Waals surface area contributed by atoms with Crippen LogP contribution < -0.4 is 5.32 Å². The number of carbonyl (C=O) groups excluding carboxylic acids is 1. The maximum absolute atomic E-state index is 12.3. The zero-order valence-corrected chi connectivity index (χ0v) is 14.8. The molecule has 1 aromatic carbocycles. The minimum absolute atomic E-state index is 0.0216. The molecule has 0 amide bonds. The molecule has 0 radical (unpaired) electrons. The number of hydrogen-bond acceptors (Lipinski definition) is 3. The van der Waals surface area contributed by atoms with Crippen molar-refractivity contribution in [3.63, 3.8) is 0 Å². The average molecular weight is 328 g/mol. The molecule has 1 fully saturated rings. The van der Waals surface area contributed by atoms with Gasteiger partial charge in [-0.05, 0) is 44.9 Å². The van der Waals surface area contributed by atoms with Crippen LogP contribution in [-0.4, -0.2) is 23.7 Å². The molecule has 0 saturated carbocycles. The molecule has 2 aromatic rings. The standard InChI is InChI=1S/C20H28N2O2/c1-3-22-15(2)20(16-10-6-7-11-18(16)22)17-14-19(23)24-13-9-5-4-8-12-21-17/h6-7,10-11,17,21H,3-5,8-9,12-14H2,1-2H3. The lowest BCUT2D eigenvalue weighted by Gasteiger charge is -2.19. The van der Waals surface area contributed by atoms with Gasteiger partial charge in [-0.15, -0.1) is 0 Å². The largest absolute Gasteiger partial charge is 0.466 e. The zero-order chi connectivity index (χ0) is 16.9. The Hall–Kier alpha value is -1.81. The number of nitrogens with one attached hydrogen (secondary N) is 1.